The molecular weight excluding hydrogens is 266 g/mol. The molecule has 1 saturated heterocycles. The normalized spacial score (nSPS) is 22.0. The molecule has 5 heteroatoms. The molecule has 2 unspecified atom stereocenters. The smallest absolute Gasteiger partial charge is 0.223 e. The van der Waals surface area contributed by atoms with Crippen molar-refractivity contribution in [2.24, 2.45) is 0 Å². The number of aryl methyl sites for hydroxylation is 1. The number of hydrogen-bond donors (Lipinski definition) is 2. The van der Waals surface area contributed by atoms with Gasteiger partial charge in [-0.3, -0.25) is 4.79 Å². The van der Waals surface area contributed by atoms with Gasteiger partial charge in [0.1, 0.15) is 0 Å². The number of aliphatic hydroxyl groups excluding tert-OH is 1. The minimum absolute atomic E-state index is 0.112. The molecule has 5 nitrogen and oxygen atoms in total. The molecule has 1 aromatic carbocycles. The van der Waals surface area contributed by atoms with Gasteiger partial charge < -0.3 is 20.6 Å². The quantitative estimate of drug-likeness (QED) is 0.785. The van der Waals surface area contributed by atoms with Crippen LogP contribution < -0.4 is 5.73 Å². The molecule has 2 atom stereocenters. The van der Waals surface area contributed by atoms with E-state index in [4.69, 9.17) is 5.73 Å². The van der Waals surface area contributed by atoms with E-state index < -0.39 is 6.10 Å². The highest BCUT2D eigenvalue weighted by Crippen LogP contribution is 2.20. The summed E-state index contributed by atoms with van der Waals surface area (Å²) in [5, 5.41) is 9.82. The number of anilines is 1. The van der Waals surface area contributed by atoms with Gasteiger partial charge in [0.15, 0.2) is 0 Å². The van der Waals surface area contributed by atoms with E-state index >= 15 is 0 Å². The van der Waals surface area contributed by atoms with Crippen molar-refractivity contribution in [3.8, 4) is 0 Å². The van der Waals surface area contributed by atoms with Crippen LogP contribution in [0.15, 0.2) is 24.3 Å². The number of nitrogen functional groups attached to an aromatic ring is 1. The average Bonchev–Trinajstić information content (AvgIpc) is 2.76. The Morgan fingerprint density at radius 3 is 2.90 bits per heavy atom. The van der Waals surface area contributed by atoms with Crippen molar-refractivity contribution in [3.63, 3.8) is 0 Å². The molecule has 1 aliphatic heterocycles. The number of benzene rings is 1. The van der Waals surface area contributed by atoms with Gasteiger partial charge in [-0.1, -0.05) is 12.1 Å². The first-order valence-electron chi connectivity index (χ1n) is 7.42. The van der Waals surface area contributed by atoms with Gasteiger partial charge in [0.25, 0.3) is 0 Å². The summed E-state index contributed by atoms with van der Waals surface area (Å²) >= 11 is 0. The molecule has 0 aliphatic carbocycles. The van der Waals surface area contributed by atoms with Crippen LogP contribution in [-0.2, 0) is 11.2 Å². The van der Waals surface area contributed by atoms with Crippen LogP contribution in [0.3, 0.4) is 0 Å². The highest BCUT2D eigenvalue weighted by atomic mass is 16.3. The van der Waals surface area contributed by atoms with Gasteiger partial charge in [0.05, 0.1) is 6.10 Å². The molecule has 1 heterocycles. The number of amides is 1. The van der Waals surface area contributed by atoms with E-state index in [1.165, 1.54) is 0 Å². The SMILES string of the molecule is CN(C)CC1CC(O)CN1C(=O)CCc1cccc(N)c1. The highest BCUT2D eigenvalue weighted by molar-refractivity contribution is 5.77. The highest BCUT2D eigenvalue weighted by Gasteiger charge is 2.33. The number of nitrogens with two attached hydrogens (primary N) is 1. The molecular formula is C16H25N3O2. The number of aliphatic hydroxyl groups is 1. The van der Waals surface area contributed by atoms with Crippen LogP contribution in [0.2, 0.25) is 0 Å². The summed E-state index contributed by atoms with van der Waals surface area (Å²) in [4.78, 5) is 16.3. The Balaban J connectivity index is 1.92. The lowest BCUT2D eigenvalue weighted by atomic mass is 10.1. The number of likely N-dealkylation sites (tertiary alicyclic amines) is 1. The lowest BCUT2D eigenvalue weighted by Gasteiger charge is -2.27. The Bertz CT molecular complexity index is 490. The third-order valence-electron chi connectivity index (χ3n) is 3.87. The monoisotopic (exact) mass is 291 g/mol. The van der Waals surface area contributed by atoms with Crippen LogP contribution in [0.25, 0.3) is 0 Å². The Kier molecular flexibility index (Phi) is 5.20. The van der Waals surface area contributed by atoms with Gasteiger partial charge in [0, 0.05) is 31.2 Å². The van der Waals surface area contributed by atoms with Crippen molar-refractivity contribution < 1.29 is 9.90 Å². The van der Waals surface area contributed by atoms with Crippen LogP contribution >= 0.6 is 0 Å². The van der Waals surface area contributed by atoms with E-state index in [-0.39, 0.29) is 11.9 Å². The Labute approximate surface area is 126 Å². The van der Waals surface area contributed by atoms with Crippen LogP contribution in [0.1, 0.15) is 18.4 Å². The predicted octanol–water partition coefficient (Wildman–Crippen LogP) is 0.725. The molecule has 116 valence electrons. The molecule has 21 heavy (non-hydrogen) atoms. The molecule has 3 N–H and O–H groups in total. The van der Waals surface area contributed by atoms with E-state index in [1.807, 2.05) is 43.3 Å². The minimum atomic E-state index is -0.397. The van der Waals surface area contributed by atoms with Crippen molar-refractivity contribution in [1.29, 1.82) is 0 Å². The Hall–Kier alpha value is -1.59. The van der Waals surface area contributed by atoms with E-state index in [0.29, 0.717) is 25.8 Å². The number of rotatable bonds is 5. The van der Waals surface area contributed by atoms with Crippen molar-refractivity contribution in [1.82, 2.24) is 9.80 Å². The first kappa shape index (κ1) is 15.8. The van der Waals surface area contributed by atoms with Crippen LogP contribution in [-0.4, -0.2) is 60.1 Å². The fourth-order valence-corrected chi connectivity index (χ4v) is 2.94. The number of likely N-dealkylation sites (N-methyl/N-ethyl adjacent to an activating group) is 1. The molecule has 0 saturated carbocycles. The Morgan fingerprint density at radius 1 is 1.48 bits per heavy atom. The second-order valence-electron chi connectivity index (χ2n) is 6.10. The third-order valence-corrected chi connectivity index (χ3v) is 3.87. The third kappa shape index (κ3) is 4.44. The maximum absolute atomic E-state index is 12.4. The number of carbonyl (C=O) groups is 1. The molecule has 1 amide bonds. The largest absolute Gasteiger partial charge is 0.399 e. The van der Waals surface area contributed by atoms with Gasteiger partial charge >= 0.3 is 0 Å². The second-order valence-corrected chi connectivity index (χ2v) is 6.10. The summed E-state index contributed by atoms with van der Waals surface area (Å²) in [7, 11) is 3.97. The van der Waals surface area contributed by atoms with Crippen molar-refractivity contribution in [2.45, 2.75) is 31.4 Å². The summed E-state index contributed by atoms with van der Waals surface area (Å²) < 4.78 is 0. The summed E-state index contributed by atoms with van der Waals surface area (Å²) in [6.07, 6.45) is 1.42. The number of hydrogen-bond acceptors (Lipinski definition) is 4. The van der Waals surface area contributed by atoms with E-state index in [2.05, 4.69) is 4.90 Å². The van der Waals surface area contributed by atoms with Gasteiger partial charge in [-0.05, 0) is 44.6 Å². The molecule has 1 aliphatic rings. The van der Waals surface area contributed by atoms with Crippen molar-refractivity contribution in [2.75, 3.05) is 32.9 Å². The van der Waals surface area contributed by atoms with E-state index in [0.717, 1.165) is 17.8 Å². The van der Waals surface area contributed by atoms with Gasteiger partial charge in [-0.15, -0.1) is 0 Å². The zero-order valence-electron chi connectivity index (χ0n) is 12.8. The van der Waals surface area contributed by atoms with E-state index in [1.54, 1.807) is 0 Å². The average molecular weight is 291 g/mol. The summed E-state index contributed by atoms with van der Waals surface area (Å²) in [5.41, 5.74) is 7.55. The number of nitrogens with zero attached hydrogens (tertiary/aromatic N) is 2. The fraction of sp³-hybridized carbons (Fsp3) is 0.562. The number of carbonyl (C=O) groups excluding carboxylic acids is 1. The van der Waals surface area contributed by atoms with E-state index in [9.17, 15) is 9.90 Å². The van der Waals surface area contributed by atoms with Crippen LogP contribution in [0, 0.1) is 0 Å². The van der Waals surface area contributed by atoms with Gasteiger partial charge in [-0.25, -0.2) is 0 Å². The molecule has 1 aromatic rings. The lowest BCUT2D eigenvalue weighted by molar-refractivity contribution is -0.132. The fourth-order valence-electron chi connectivity index (χ4n) is 2.94. The second kappa shape index (κ2) is 6.91. The molecule has 0 spiro atoms. The van der Waals surface area contributed by atoms with Crippen molar-refractivity contribution in [3.05, 3.63) is 29.8 Å². The van der Waals surface area contributed by atoms with Crippen LogP contribution in [0.5, 0.6) is 0 Å². The molecule has 0 bridgehead atoms. The summed E-state index contributed by atoms with van der Waals surface area (Å²) in [6, 6.07) is 7.76. The molecule has 2 rings (SSSR count). The van der Waals surface area contributed by atoms with Gasteiger partial charge in [0.2, 0.25) is 5.91 Å². The first-order valence-corrected chi connectivity index (χ1v) is 7.42. The molecule has 1 fully saturated rings. The molecule has 0 aromatic heterocycles. The maximum Gasteiger partial charge on any atom is 0.223 e. The lowest BCUT2D eigenvalue weighted by Crippen LogP contribution is -2.41. The maximum atomic E-state index is 12.4. The van der Waals surface area contributed by atoms with Crippen molar-refractivity contribution >= 4 is 11.6 Å². The number of β-amino-alcohol motifs (C(OH)–C–C–N with tert-alkyl or cyclic N) is 1. The topological polar surface area (TPSA) is 69.8 Å². The predicted molar refractivity (Wildman–Crippen MR) is 83.9 cm³/mol. The molecule has 0 radical (unpaired) electrons. The zero-order valence-corrected chi connectivity index (χ0v) is 12.8. The summed E-state index contributed by atoms with van der Waals surface area (Å²) in [5.74, 6) is 0.112. The minimum Gasteiger partial charge on any atom is -0.399 e. The Morgan fingerprint density at radius 2 is 2.24 bits per heavy atom. The van der Waals surface area contributed by atoms with Gasteiger partial charge in [-0.2, -0.15) is 0 Å². The summed E-state index contributed by atoms with van der Waals surface area (Å²) in [6.45, 7) is 1.25. The van der Waals surface area contributed by atoms with Crippen LogP contribution in [0.4, 0.5) is 5.69 Å². The standard InChI is InChI=1S/C16H25N3O2/c1-18(2)10-14-9-15(20)11-19(14)16(21)7-6-12-4-3-5-13(17)8-12/h3-5,8,14-15,20H,6-7,9-11,17H2,1-2H3. The first-order chi connectivity index (χ1) is 9.95. The zero-order chi connectivity index (χ0) is 15.4.